The zero-order valence-corrected chi connectivity index (χ0v) is 10.6. The zero-order chi connectivity index (χ0) is 14.0. The van der Waals surface area contributed by atoms with Gasteiger partial charge in [0, 0.05) is 32.0 Å². The van der Waals surface area contributed by atoms with Gasteiger partial charge < -0.3 is 9.64 Å². The van der Waals surface area contributed by atoms with Crippen LogP contribution < -0.4 is 9.64 Å². The zero-order valence-electron chi connectivity index (χ0n) is 9.84. The molecule has 1 saturated heterocycles. The smallest absolute Gasteiger partial charge is 0.406 e. The van der Waals surface area contributed by atoms with Crippen molar-refractivity contribution in [1.29, 1.82) is 0 Å². The van der Waals surface area contributed by atoms with Crippen molar-refractivity contribution in [3.05, 3.63) is 23.2 Å². The Labute approximate surface area is 112 Å². The van der Waals surface area contributed by atoms with Crippen LogP contribution in [0, 0.1) is 0 Å². The molecule has 0 N–H and O–H groups in total. The molecule has 0 saturated carbocycles. The number of ether oxygens (including phenoxy) is 1. The second kappa shape index (κ2) is 5.28. The lowest BCUT2D eigenvalue weighted by atomic mass is 10.1. The maximum absolute atomic E-state index is 12.2. The van der Waals surface area contributed by atoms with Crippen LogP contribution >= 0.6 is 11.6 Å². The summed E-state index contributed by atoms with van der Waals surface area (Å²) in [5, 5.41) is 0.337. The summed E-state index contributed by atoms with van der Waals surface area (Å²) in [7, 11) is 0. The molecule has 104 valence electrons. The maximum Gasteiger partial charge on any atom is 0.573 e. The Balaban J connectivity index is 2.19. The molecule has 19 heavy (non-hydrogen) atoms. The topological polar surface area (TPSA) is 29.5 Å². The molecule has 0 radical (unpaired) electrons. The van der Waals surface area contributed by atoms with Gasteiger partial charge in [-0.1, -0.05) is 11.6 Å². The van der Waals surface area contributed by atoms with Crippen molar-refractivity contribution in [3.63, 3.8) is 0 Å². The number of hydrogen-bond donors (Lipinski definition) is 0. The van der Waals surface area contributed by atoms with Gasteiger partial charge in [-0.05, 0) is 12.1 Å². The quantitative estimate of drug-likeness (QED) is 0.837. The fourth-order valence-electron chi connectivity index (χ4n) is 1.93. The van der Waals surface area contributed by atoms with E-state index in [1.54, 1.807) is 4.90 Å². The second-order valence-corrected chi connectivity index (χ2v) is 4.59. The predicted octanol–water partition coefficient (Wildman–Crippen LogP) is 3.41. The summed E-state index contributed by atoms with van der Waals surface area (Å²) in [5.41, 5.74) is 0.455. The molecule has 0 spiro atoms. The maximum atomic E-state index is 12.2. The van der Waals surface area contributed by atoms with E-state index < -0.39 is 6.36 Å². The van der Waals surface area contributed by atoms with Gasteiger partial charge in [-0.15, -0.1) is 13.2 Å². The van der Waals surface area contributed by atoms with Crippen LogP contribution in [0.1, 0.15) is 12.8 Å². The normalized spacial score (nSPS) is 16.6. The fourth-order valence-corrected chi connectivity index (χ4v) is 2.17. The molecule has 1 aromatic carbocycles. The van der Waals surface area contributed by atoms with Gasteiger partial charge in [-0.25, -0.2) is 0 Å². The summed E-state index contributed by atoms with van der Waals surface area (Å²) in [6.07, 6.45) is -3.98. The van der Waals surface area contributed by atoms with E-state index in [0.29, 0.717) is 36.6 Å². The summed E-state index contributed by atoms with van der Waals surface area (Å²) in [6, 6.07) is 3.76. The van der Waals surface area contributed by atoms with Crippen LogP contribution in [-0.2, 0) is 4.79 Å². The number of halogens is 4. The van der Waals surface area contributed by atoms with Gasteiger partial charge in [0.15, 0.2) is 0 Å². The number of nitrogens with zero attached hydrogens (tertiary/aromatic N) is 1. The average Bonchev–Trinajstić information content (AvgIpc) is 2.31. The number of anilines is 1. The van der Waals surface area contributed by atoms with Gasteiger partial charge in [0.2, 0.25) is 0 Å². The number of piperidine rings is 1. The second-order valence-electron chi connectivity index (χ2n) is 4.19. The van der Waals surface area contributed by atoms with Gasteiger partial charge in [0.05, 0.1) is 10.7 Å². The molecule has 1 aliphatic rings. The highest BCUT2D eigenvalue weighted by molar-refractivity contribution is 6.33. The number of Topliss-reactive ketones (excluding diaryl/α,β-unsaturated/α-hetero) is 1. The third-order valence-electron chi connectivity index (χ3n) is 2.81. The van der Waals surface area contributed by atoms with E-state index in [4.69, 9.17) is 11.6 Å². The van der Waals surface area contributed by atoms with Gasteiger partial charge >= 0.3 is 6.36 Å². The van der Waals surface area contributed by atoms with Crippen LogP contribution in [0.2, 0.25) is 5.02 Å². The average molecular weight is 294 g/mol. The molecule has 0 amide bonds. The van der Waals surface area contributed by atoms with Crippen LogP contribution in [-0.4, -0.2) is 25.2 Å². The van der Waals surface area contributed by atoms with E-state index in [1.807, 2.05) is 0 Å². The molecule has 7 heteroatoms. The van der Waals surface area contributed by atoms with Crippen LogP contribution in [0.3, 0.4) is 0 Å². The van der Waals surface area contributed by atoms with E-state index >= 15 is 0 Å². The molecule has 1 heterocycles. The standard InChI is InChI=1S/C12H11ClF3NO2/c13-10-2-1-9(19-12(14,15)16)7-11(10)17-5-3-8(18)4-6-17/h1-2,7H,3-6H2. The lowest BCUT2D eigenvalue weighted by Gasteiger charge is -2.29. The number of rotatable bonds is 2. The fraction of sp³-hybridized carbons (Fsp3) is 0.417. The molecular weight excluding hydrogens is 283 g/mol. The minimum atomic E-state index is -4.73. The number of carbonyl (C=O) groups excluding carboxylic acids is 1. The van der Waals surface area contributed by atoms with E-state index in [2.05, 4.69) is 4.74 Å². The van der Waals surface area contributed by atoms with Gasteiger partial charge in [-0.3, -0.25) is 4.79 Å². The molecule has 0 aromatic heterocycles. The molecule has 1 aliphatic heterocycles. The molecule has 2 rings (SSSR count). The molecule has 0 atom stereocenters. The van der Waals surface area contributed by atoms with Crippen LogP contribution in [0.4, 0.5) is 18.9 Å². The first-order valence-electron chi connectivity index (χ1n) is 5.67. The monoisotopic (exact) mass is 293 g/mol. The highest BCUT2D eigenvalue weighted by atomic mass is 35.5. The molecule has 1 aromatic rings. The summed E-state index contributed by atoms with van der Waals surface area (Å²) in [6.45, 7) is 0.905. The number of alkyl halides is 3. The van der Waals surface area contributed by atoms with Crippen molar-refractivity contribution in [3.8, 4) is 5.75 Å². The van der Waals surface area contributed by atoms with Crippen LogP contribution in [0.25, 0.3) is 0 Å². The molecule has 3 nitrogen and oxygen atoms in total. The Bertz CT molecular complexity index is 480. The number of benzene rings is 1. The highest BCUT2D eigenvalue weighted by Gasteiger charge is 2.31. The first-order valence-corrected chi connectivity index (χ1v) is 6.05. The van der Waals surface area contributed by atoms with Gasteiger partial charge in [0.1, 0.15) is 11.5 Å². The van der Waals surface area contributed by atoms with Crippen molar-refractivity contribution in [1.82, 2.24) is 0 Å². The number of carbonyl (C=O) groups is 1. The van der Waals surface area contributed by atoms with Gasteiger partial charge in [0.25, 0.3) is 0 Å². The predicted molar refractivity (Wildman–Crippen MR) is 64.6 cm³/mol. The Morgan fingerprint density at radius 3 is 2.42 bits per heavy atom. The lowest BCUT2D eigenvalue weighted by Crippen LogP contribution is -2.33. The third kappa shape index (κ3) is 3.76. The number of hydrogen-bond acceptors (Lipinski definition) is 3. The van der Waals surface area contributed by atoms with Crippen LogP contribution in [0.5, 0.6) is 5.75 Å². The minimum Gasteiger partial charge on any atom is -0.406 e. The first kappa shape index (κ1) is 14.0. The van der Waals surface area contributed by atoms with Crippen molar-refractivity contribution in [2.45, 2.75) is 19.2 Å². The van der Waals surface area contributed by atoms with Gasteiger partial charge in [-0.2, -0.15) is 0 Å². The van der Waals surface area contributed by atoms with E-state index in [-0.39, 0.29) is 11.5 Å². The molecule has 0 bridgehead atoms. The Kier molecular flexibility index (Phi) is 3.89. The lowest BCUT2D eigenvalue weighted by molar-refractivity contribution is -0.274. The number of ketones is 1. The summed E-state index contributed by atoms with van der Waals surface area (Å²) >= 11 is 5.97. The molecule has 0 aliphatic carbocycles. The van der Waals surface area contributed by atoms with Crippen molar-refractivity contribution < 1.29 is 22.7 Å². The Morgan fingerprint density at radius 2 is 1.84 bits per heavy atom. The minimum absolute atomic E-state index is 0.148. The largest absolute Gasteiger partial charge is 0.573 e. The summed E-state index contributed by atoms with van der Waals surface area (Å²) in [5.74, 6) is -0.168. The molecule has 0 unspecified atom stereocenters. The first-order chi connectivity index (χ1) is 8.85. The summed E-state index contributed by atoms with van der Waals surface area (Å²) < 4.78 is 40.3. The Morgan fingerprint density at radius 1 is 1.21 bits per heavy atom. The van der Waals surface area contributed by atoms with Crippen molar-refractivity contribution in [2.75, 3.05) is 18.0 Å². The van der Waals surface area contributed by atoms with E-state index in [9.17, 15) is 18.0 Å². The third-order valence-corrected chi connectivity index (χ3v) is 3.13. The van der Waals surface area contributed by atoms with E-state index in [0.717, 1.165) is 6.07 Å². The Hall–Kier alpha value is -1.43. The summed E-state index contributed by atoms with van der Waals surface area (Å²) in [4.78, 5) is 12.9. The highest BCUT2D eigenvalue weighted by Crippen LogP contribution is 2.33. The van der Waals surface area contributed by atoms with Crippen molar-refractivity contribution in [2.24, 2.45) is 0 Å². The van der Waals surface area contributed by atoms with E-state index in [1.165, 1.54) is 12.1 Å². The molecule has 1 fully saturated rings. The van der Waals surface area contributed by atoms with Crippen molar-refractivity contribution >= 4 is 23.1 Å². The SMILES string of the molecule is O=C1CCN(c2cc(OC(F)(F)F)ccc2Cl)CC1. The van der Waals surface area contributed by atoms with Crippen LogP contribution in [0.15, 0.2) is 18.2 Å². The molecular formula is C12H11ClF3NO2.